The molecule has 1 saturated carbocycles. The predicted molar refractivity (Wildman–Crippen MR) is 64.5 cm³/mol. The van der Waals surface area contributed by atoms with E-state index in [0.29, 0.717) is 12.4 Å². The molecule has 2 rings (SSSR count). The maximum absolute atomic E-state index is 10.8. The van der Waals surface area contributed by atoms with Crippen LogP contribution < -0.4 is 16.6 Å². The van der Waals surface area contributed by atoms with Crippen molar-refractivity contribution >= 4 is 17.3 Å². The van der Waals surface area contributed by atoms with Gasteiger partial charge in [-0.3, -0.25) is 10.1 Å². The summed E-state index contributed by atoms with van der Waals surface area (Å²) in [4.78, 5) is 14.4. The van der Waals surface area contributed by atoms with E-state index < -0.39 is 4.92 Å². The van der Waals surface area contributed by atoms with Gasteiger partial charge < -0.3 is 10.7 Å². The SMILES string of the molecule is CC1(CNc2nc(NN)ccc2[N+](=O)[O-])CC1. The quantitative estimate of drug-likeness (QED) is 0.407. The van der Waals surface area contributed by atoms with Crippen LogP contribution in [-0.4, -0.2) is 16.5 Å². The average Bonchev–Trinajstić information content (AvgIpc) is 3.04. The van der Waals surface area contributed by atoms with Crippen LogP contribution in [0.25, 0.3) is 0 Å². The molecule has 1 aromatic heterocycles. The fourth-order valence-electron chi connectivity index (χ4n) is 1.50. The van der Waals surface area contributed by atoms with E-state index in [4.69, 9.17) is 5.84 Å². The molecule has 0 bridgehead atoms. The highest BCUT2D eigenvalue weighted by Gasteiger charge is 2.37. The zero-order valence-electron chi connectivity index (χ0n) is 9.56. The molecule has 1 aliphatic rings. The van der Waals surface area contributed by atoms with E-state index in [0.717, 1.165) is 12.8 Å². The number of hydrazine groups is 1. The number of anilines is 2. The lowest BCUT2D eigenvalue weighted by Gasteiger charge is -2.11. The summed E-state index contributed by atoms with van der Waals surface area (Å²) < 4.78 is 0. The van der Waals surface area contributed by atoms with Crippen LogP contribution in [0, 0.1) is 15.5 Å². The Kier molecular flexibility index (Phi) is 2.84. The van der Waals surface area contributed by atoms with E-state index in [1.807, 2.05) is 0 Å². The first-order valence-electron chi connectivity index (χ1n) is 5.40. The van der Waals surface area contributed by atoms with E-state index in [-0.39, 0.29) is 16.9 Å². The molecule has 1 aliphatic carbocycles. The lowest BCUT2D eigenvalue weighted by atomic mass is 10.1. The van der Waals surface area contributed by atoms with Crippen LogP contribution in [0.1, 0.15) is 19.8 Å². The van der Waals surface area contributed by atoms with Crippen molar-refractivity contribution in [3.05, 3.63) is 22.2 Å². The molecule has 7 heteroatoms. The molecule has 0 spiro atoms. The summed E-state index contributed by atoms with van der Waals surface area (Å²) in [6.45, 7) is 2.83. The number of nitrogens with two attached hydrogens (primary N) is 1. The van der Waals surface area contributed by atoms with Crippen LogP contribution in [-0.2, 0) is 0 Å². The Labute approximate surface area is 98.5 Å². The fraction of sp³-hybridized carbons (Fsp3) is 0.500. The summed E-state index contributed by atoms with van der Waals surface area (Å²) in [6.07, 6.45) is 2.28. The normalized spacial score (nSPS) is 16.4. The zero-order valence-corrected chi connectivity index (χ0v) is 9.56. The number of aromatic nitrogens is 1. The van der Waals surface area contributed by atoms with Gasteiger partial charge in [-0.2, -0.15) is 0 Å². The Bertz CT molecular complexity index is 444. The standard InChI is InChI=1S/C10H15N5O2/c1-10(4-5-10)6-12-9-7(15(16)17)2-3-8(13-9)14-11/h2-3H,4-6,11H2,1H3,(H2,12,13,14). The largest absolute Gasteiger partial charge is 0.364 e. The molecule has 17 heavy (non-hydrogen) atoms. The number of nitrogens with zero attached hydrogens (tertiary/aromatic N) is 2. The Balaban J connectivity index is 2.18. The monoisotopic (exact) mass is 237 g/mol. The second kappa shape index (κ2) is 4.17. The Hall–Kier alpha value is -1.89. The van der Waals surface area contributed by atoms with Crippen molar-refractivity contribution in [3.8, 4) is 0 Å². The van der Waals surface area contributed by atoms with Gasteiger partial charge in [0, 0.05) is 12.6 Å². The predicted octanol–water partition coefficient (Wildman–Crippen LogP) is 1.49. The van der Waals surface area contributed by atoms with Crippen LogP contribution in [0.4, 0.5) is 17.3 Å². The average molecular weight is 237 g/mol. The molecule has 1 aromatic rings. The van der Waals surface area contributed by atoms with Crippen molar-refractivity contribution in [2.45, 2.75) is 19.8 Å². The third-order valence-electron chi connectivity index (χ3n) is 3.00. The number of nitrogens with one attached hydrogen (secondary N) is 2. The molecule has 0 amide bonds. The molecular weight excluding hydrogens is 222 g/mol. The van der Waals surface area contributed by atoms with Crippen molar-refractivity contribution in [3.63, 3.8) is 0 Å². The van der Waals surface area contributed by atoms with Crippen molar-refractivity contribution in [2.24, 2.45) is 11.3 Å². The smallest absolute Gasteiger partial charge is 0.311 e. The van der Waals surface area contributed by atoms with Gasteiger partial charge >= 0.3 is 5.69 Å². The first-order valence-corrected chi connectivity index (χ1v) is 5.40. The number of nitro groups is 1. The summed E-state index contributed by atoms with van der Waals surface area (Å²) in [5.74, 6) is 5.89. The minimum Gasteiger partial charge on any atom is -0.364 e. The molecule has 0 aromatic carbocycles. The van der Waals surface area contributed by atoms with Crippen molar-refractivity contribution in [1.82, 2.24) is 4.98 Å². The number of hydrogen-bond acceptors (Lipinski definition) is 6. The first-order chi connectivity index (χ1) is 8.04. The van der Waals surface area contributed by atoms with Crippen molar-refractivity contribution < 1.29 is 4.92 Å². The van der Waals surface area contributed by atoms with E-state index >= 15 is 0 Å². The van der Waals surface area contributed by atoms with Gasteiger partial charge in [0.05, 0.1) is 4.92 Å². The molecule has 0 radical (unpaired) electrons. The molecule has 1 heterocycles. The van der Waals surface area contributed by atoms with Crippen LogP contribution in [0.2, 0.25) is 0 Å². The van der Waals surface area contributed by atoms with Crippen LogP contribution >= 0.6 is 0 Å². The zero-order chi connectivity index (χ0) is 12.5. The molecule has 4 N–H and O–H groups in total. The summed E-state index contributed by atoms with van der Waals surface area (Å²) >= 11 is 0. The van der Waals surface area contributed by atoms with Gasteiger partial charge in [-0.25, -0.2) is 10.8 Å². The van der Waals surface area contributed by atoms with Gasteiger partial charge in [0.2, 0.25) is 5.82 Å². The molecule has 1 fully saturated rings. The minimum atomic E-state index is -0.454. The van der Waals surface area contributed by atoms with Gasteiger partial charge in [-0.1, -0.05) is 6.92 Å². The van der Waals surface area contributed by atoms with Gasteiger partial charge in [0.1, 0.15) is 5.82 Å². The second-order valence-corrected chi connectivity index (χ2v) is 4.63. The van der Waals surface area contributed by atoms with Crippen molar-refractivity contribution in [1.29, 1.82) is 0 Å². The second-order valence-electron chi connectivity index (χ2n) is 4.63. The van der Waals surface area contributed by atoms with Crippen molar-refractivity contribution in [2.75, 3.05) is 17.3 Å². The molecule has 0 saturated heterocycles. The maximum atomic E-state index is 10.8. The number of hydrogen-bond donors (Lipinski definition) is 3. The highest BCUT2D eigenvalue weighted by molar-refractivity contribution is 5.60. The summed E-state index contributed by atoms with van der Waals surface area (Å²) in [5.41, 5.74) is 2.59. The molecule has 0 aliphatic heterocycles. The van der Waals surface area contributed by atoms with Crippen LogP contribution in [0.5, 0.6) is 0 Å². The summed E-state index contributed by atoms with van der Waals surface area (Å²) in [5, 5.41) is 13.9. The minimum absolute atomic E-state index is 0.0340. The summed E-state index contributed by atoms with van der Waals surface area (Å²) in [7, 11) is 0. The molecule has 92 valence electrons. The Morgan fingerprint density at radius 2 is 2.29 bits per heavy atom. The van der Waals surface area contributed by atoms with Gasteiger partial charge in [0.15, 0.2) is 0 Å². The fourth-order valence-corrected chi connectivity index (χ4v) is 1.50. The Morgan fingerprint density at radius 3 is 2.82 bits per heavy atom. The molecule has 0 unspecified atom stereocenters. The highest BCUT2D eigenvalue weighted by atomic mass is 16.6. The van der Waals surface area contributed by atoms with E-state index in [1.165, 1.54) is 12.1 Å². The maximum Gasteiger partial charge on any atom is 0.311 e. The molecule has 7 nitrogen and oxygen atoms in total. The lowest BCUT2D eigenvalue weighted by Crippen LogP contribution is -2.15. The van der Waals surface area contributed by atoms with Crippen LogP contribution in [0.15, 0.2) is 12.1 Å². The topological polar surface area (TPSA) is 106 Å². The third kappa shape index (κ3) is 2.62. The number of rotatable bonds is 5. The van der Waals surface area contributed by atoms with E-state index in [1.54, 1.807) is 0 Å². The lowest BCUT2D eigenvalue weighted by molar-refractivity contribution is -0.384. The van der Waals surface area contributed by atoms with E-state index in [9.17, 15) is 10.1 Å². The third-order valence-corrected chi connectivity index (χ3v) is 3.00. The number of nitrogen functional groups attached to an aromatic ring is 1. The highest BCUT2D eigenvalue weighted by Crippen LogP contribution is 2.45. The summed E-state index contributed by atoms with van der Waals surface area (Å²) in [6, 6.07) is 2.86. The van der Waals surface area contributed by atoms with Gasteiger partial charge in [0.25, 0.3) is 0 Å². The molecular formula is C10H15N5O2. The van der Waals surface area contributed by atoms with Gasteiger partial charge in [-0.05, 0) is 24.3 Å². The first kappa shape index (κ1) is 11.6. The van der Waals surface area contributed by atoms with E-state index in [2.05, 4.69) is 22.7 Å². The van der Waals surface area contributed by atoms with Gasteiger partial charge in [-0.15, -0.1) is 0 Å². The Morgan fingerprint density at radius 1 is 1.59 bits per heavy atom. The van der Waals surface area contributed by atoms with Crippen LogP contribution in [0.3, 0.4) is 0 Å². The number of pyridine rings is 1. The molecule has 0 atom stereocenters.